The lowest BCUT2D eigenvalue weighted by Gasteiger charge is -2.11. The van der Waals surface area contributed by atoms with Crippen molar-refractivity contribution in [3.05, 3.63) is 75.6 Å². The molecule has 0 aliphatic carbocycles. The van der Waals surface area contributed by atoms with Crippen LogP contribution in [0.15, 0.2) is 35.5 Å². The van der Waals surface area contributed by atoms with Crippen molar-refractivity contribution < 1.29 is 18.7 Å². The predicted octanol–water partition coefficient (Wildman–Crippen LogP) is 4.04. The van der Waals surface area contributed by atoms with Crippen molar-refractivity contribution in [3.63, 3.8) is 0 Å². The lowest BCUT2D eigenvalue weighted by Crippen LogP contribution is -2.18. The number of carbonyl (C=O) groups is 2. The maximum atomic E-state index is 13.2. The molecule has 0 bridgehead atoms. The van der Waals surface area contributed by atoms with Crippen LogP contribution in [0.4, 0.5) is 4.39 Å². The molecular formula is C25H26FN5O3S. The number of aryl methyl sites for hydroxylation is 3. The first kappa shape index (κ1) is 24.6. The van der Waals surface area contributed by atoms with Crippen LogP contribution in [0.25, 0.3) is 5.78 Å². The van der Waals surface area contributed by atoms with Gasteiger partial charge in [0.05, 0.1) is 6.42 Å². The average Bonchev–Trinajstić information content (AvgIpc) is 3.37. The van der Waals surface area contributed by atoms with Crippen LogP contribution in [-0.2, 0) is 22.5 Å². The second-order valence-corrected chi connectivity index (χ2v) is 9.10. The van der Waals surface area contributed by atoms with Crippen molar-refractivity contribution in [2.24, 2.45) is 0 Å². The Morgan fingerprint density at radius 1 is 1.06 bits per heavy atom. The first-order chi connectivity index (χ1) is 16.7. The highest BCUT2D eigenvalue weighted by molar-refractivity contribution is 7.98. The number of thioether (sulfide) groups is 1. The van der Waals surface area contributed by atoms with Crippen LogP contribution in [0.5, 0.6) is 0 Å². The van der Waals surface area contributed by atoms with Gasteiger partial charge in [0.2, 0.25) is 10.9 Å². The summed E-state index contributed by atoms with van der Waals surface area (Å²) in [7, 11) is 0. The third-order valence-electron chi connectivity index (χ3n) is 6.03. The number of Topliss-reactive ketones (excluding diaryl/α,β-unsaturated/α-hetero) is 1. The van der Waals surface area contributed by atoms with Crippen LogP contribution in [0.2, 0.25) is 0 Å². The minimum Gasteiger partial charge on any atom is -0.457 e. The summed E-state index contributed by atoms with van der Waals surface area (Å²) in [6.45, 7) is 7.57. The number of hydrogen-bond acceptors (Lipinski definition) is 7. The molecule has 8 nitrogen and oxygen atoms in total. The van der Waals surface area contributed by atoms with Gasteiger partial charge in [-0.1, -0.05) is 23.9 Å². The summed E-state index contributed by atoms with van der Waals surface area (Å²) in [6, 6.07) is 8.05. The molecule has 0 spiro atoms. The van der Waals surface area contributed by atoms with Crippen molar-refractivity contribution in [1.29, 1.82) is 0 Å². The highest BCUT2D eigenvalue weighted by Crippen LogP contribution is 2.20. The Hall–Kier alpha value is -3.53. The molecule has 3 heterocycles. The first-order valence-electron chi connectivity index (χ1n) is 11.0. The van der Waals surface area contributed by atoms with Crippen molar-refractivity contribution in [2.45, 2.75) is 45.8 Å². The Kier molecular flexibility index (Phi) is 7.02. The van der Waals surface area contributed by atoms with E-state index in [-0.39, 0.29) is 24.6 Å². The van der Waals surface area contributed by atoms with Gasteiger partial charge in [0.1, 0.15) is 5.82 Å². The molecule has 35 heavy (non-hydrogen) atoms. The number of esters is 1. The maximum Gasteiger partial charge on any atom is 0.310 e. The summed E-state index contributed by atoms with van der Waals surface area (Å²) >= 11 is 1.41. The number of hydrogen-bond donors (Lipinski definition) is 0. The van der Waals surface area contributed by atoms with Crippen molar-refractivity contribution in [2.75, 3.05) is 12.9 Å². The molecule has 0 N–H and O–H groups in total. The van der Waals surface area contributed by atoms with E-state index in [1.54, 1.807) is 22.7 Å². The third-order valence-corrected chi connectivity index (χ3v) is 6.56. The highest BCUT2D eigenvalue weighted by Gasteiger charge is 2.20. The van der Waals surface area contributed by atoms with Gasteiger partial charge in [-0.3, -0.25) is 9.59 Å². The zero-order valence-corrected chi connectivity index (χ0v) is 21.1. The van der Waals surface area contributed by atoms with Gasteiger partial charge >= 0.3 is 5.97 Å². The Bertz CT molecular complexity index is 1430. The minimum absolute atomic E-state index is 0.0219. The summed E-state index contributed by atoms with van der Waals surface area (Å²) in [4.78, 5) is 34.2. The molecule has 0 unspecified atom stereocenters. The fourth-order valence-corrected chi connectivity index (χ4v) is 4.39. The molecule has 0 fully saturated rings. The van der Waals surface area contributed by atoms with E-state index in [0.29, 0.717) is 34.3 Å². The SMILES string of the molecule is CSc1nc2nc(C)c(CC(=O)OCC(=O)c3cc(C)n(Cc4ccc(F)cc4)c3C)c(C)n2n1. The van der Waals surface area contributed by atoms with Crippen molar-refractivity contribution in [3.8, 4) is 0 Å². The summed E-state index contributed by atoms with van der Waals surface area (Å²) < 4.78 is 22.1. The van der Waals surface area contributed by atoms with Gasteiger partial charge in [0.15, 0.2) is 6.61 Å². The smallest absolute Gasteiger partial charge is 0.310 e. The summed E-state index contributed by atoms with van der Waals surface area (Å²) in [5, 5.41) is 4.99. The molecule has 3 aromatic heterocycles. The molecule has 4 rings (SSSR count). The van der Waals surface area contributed by atoms with E-state index >= 15 is 0 Å². The van der Waals surface area contributed by atoms with Gasteiger partial charge in [-0.2, -0.15) is 4.98 Å². The molecule has 4 aromatic rings. The topological polar surface area (TPSA) is 91.4 Å². The quantitative estimate of drug-likeness (QED) is 0.207. The number of nitrogens with zero attached hydrogens (tertiary/aromatic N) is 5. The van der Waals surface area contributed by atoms with E-state index in [1.165, 1.54) is 23.9 Å². The Morgan fingerprint density at radius 2 is 1.77 bits per heavy atom. The molecule has 1 aromatic carbocycles. The maximum absolute atomic E-state index is 13.2. The molecule has 10 heteroatoms. The lowest BCUT2D eigenvalue weighted by molar-refractivity contribution is -0.141. The summed E-state index contributed by atoms with van der Waals surface area (Å²) in [6.07, 6.45) is 1.86. The Labute approximate surface area is 206 Å². The summed E-state index contributed by atoms with van der Waals surface area (Å²) in [5.74, 6) is -0.608. The second-order valence-electron chi connectivity index (χ2n) is 8.33. The van der Waals surface area contributed by atoms with Crippen LogP contribution in [0.3, 0.4) is 0 Å². The zero-order valence-electron chi connectivity index (χ0n) is 20.3. The predicted molar refractivity (Wildman–Crippen MR) is 130 cm³/mol. The normalized spacial score (nSPS) is 11.3. The largest absolute Gasteiger partial charge is 0.457 e. The molecular weight excluding hydrogens is 469 g/mol. The second kappa shape index (κ2) is 9.99. The van der Waals surface area contributed by atoms with E-state index in [4.69, 9.17) is 4.74 Å². The molecule has 0 aliphatic heterocycles. The van der Waals surface area contributed by atoms with Crippen LogP contribution in [0, 0.1) is 33.5 Å². The van der Waals surface area contributed by atoms with Gasteiger partial charge in [0.25, 0.3) is 5.78 Å². The van der Waals surface area contributed by atoms with Gasteiger partial charge in [-0.25, -0.2) is 13.9 Å². The summed E-state index contributed by atoms with van der Waals surface area (Å²) in [5.41, 5.74) is 5.21. The van der Waals surface area contributed by atoms with E-state index in [9.17, 15) is 14.0 Å². The number of fused-ring (bicyclic) bond motifs is 1. The zero-order chi connectivity index (χ0) is 25.3. The van der Waals surface area contributed by atoms with E-state index in [2.05, 4.69) is 15.1 Å². The van der Waals surface area contributed by atoms with Crippen molar-refractivity contribution in [1.82, 2.24) is 24.1 Å². The van der Waals surface area contributed by atoms with E-state index in [0.717, 1.165) is 22.6 Å². The average molecular weight is 496 g/mol. The lowest BCUT2D eigenvalue weighted by atomic mass is 10.1. The third kappa shape index (κ3) is 5.12. The van der Waals surface area contributed by atoms with E-state index < -0.39 is 5.97 Å². The number of halogens is 1. The molecule has 0 atom stereocenters. The molecule has 182 valence electrons. The number of ether oxygens (including phenoxy) is 1. The fourth-order valence-electron chi connectivity index (χ4n) is 4.05. The number of carbonyl (C=O) groups excluding carboxylic acids is 2. The van der Waals surface area contributed by atoms with Gasteiger partial charge in [0, 0.05) is 40.4 Å². The number of benzene rings is 1. The first-order valence-corrected chi connectivity index (χ1v) is 12.3. The monoisotopic (exact) mass is 495 g/mol. The van der Waals surface area contributed by atoms with Crippen LogP contribution < -0.4 is 0 Å². The number of aromatic nitrogens is 5. The van der Waals surface area contributed by atoms with Gasteiger partial charge in [-0.15, -0.1) is 5.10 Å². The standard InChI is InChI=1S/C25H26FN5O3S/c1-14-10-21(16(3)30(14)12-18-6-8-19(26)9-7-18)22(32)13-34-23(33)11-20-15(2)27-24-28-25(35-5)29-31(24)17(20)4/h6-10H,11-13H2,1-5H3. The Balaban J connectivity index is 1.43. The molecule has 0 saturated carbocycles. The minimum atomic E-state index is -0.518. The van der Waals surface area contributed by atoms with E-state index in [1.807, 2.05) is 38.5 Å². The molecule has 0 radical (unpaired) electrons. The number of ketones is 1. The van der Waals surface area contributed by atoms with Gasteiger partial charge < -0.3 is 9.30 Å². The Morgan fingerprint density at radius 3 is 2.46 bits per heavy atom. The fraction of sp³-hybridized carbons (Fsp3) is 0.320. The number of rotatable bonds is 8. The van der Waals surface area contributed by atoms with Crippen LogP contribution in [-0.4, -0.2) is 48.8 Å². The molecule has 0 aliphatic rings. The van der Waals surface area contributed by atoms with Gasteiger partial charge in [-0.05, 0) is 57.7 Å². The van der Waals surface area contributed by atoms with Crippen LogP contribution in [0.1, 0.15) is 44.3 Å². The van der Waals surface area contributed by atoms with Crippen LogP contribution >= 0.6 is 11.8 Å². The molecule has 0 saturated heterocycles. The molecule has 0 amide bonds. The van der Waals surface area contributed by atoms with Crippen molar-refractivity contribution >= 4 is 29.3 Å². The highest BCUT2D eigenvalue weighted by atomic mass is 32.2.